The summed E-state index contributed by atoms with van der Waals surface area (Å²) in [5.74, 6) is -0.852. The van der Waals surface area contributed by atoms with Crippen molar-refractivity contribution in [1.29, 1.82) is 0 Å². The minimum absolute atomic E-state index is 0.00388. The zero-order valence-corrected chi connectivity index (χ0v) is 20.3. The van der Waals surface area contributed by atoms with Crippen molar-refractivity contribution < 1.29 is 23.5 Å². The number of aromatic nitrogens is 1. The van der Waals surface area contributed by atoms with Crippen molar-refractivity contribution in [2.24, 2.45) is 0 Å². The number of nitrogens with zero attached hydrogens (tertiary/aromatic N) is 2. The Morgan fingerprint density at radius 1 is 1.21 bits per heavy atom. The minimum Gasteiger partial charge on any atom is -0.463 e. The first kappa shape index (κ1) is 22.9. The Morgan fingerprint density at radius 2 is 1.97 bits per heavy atom. The number of carbonyl (C=O) groups is 3. The Labute approximate surface area is 202 Å². The predicted molar refractivity (Wildman–Crippen MR) is 125 cm³/mol. The van der Waals surface area contributed by atoms with Gasteiger partial charge in [-0.05, 0) is 77.8 Å². The molecule has 0 bridgehead atoms. The number of benzene rings is 1. The van der Waals surface area contributed by atoms with Crippen molar-refractivity contribution in [3.05, 3.63) is 80.1 Å². The highest BCUT2D eigenvalue weighted by Gasteiger charge is 2.34. The molecule has 8 nitrogen and oxygen atoms in total. The first-order valence-electron chi connectivity index (χ1n) is 9.85. The molecule has 3 heterocycles. The van der Waals surface area contributed by atoms with Crippen LogP contribution in [0.25, 0.3) is 11.8 Å². The average molecular weight is 533 g/mol. The van der Waals surface area contributed by atoms with Gasteiger partial charge in [-0.15, -0.1) is 0 Å². The van der Waals surface area contributed by atoms with Crippen molar-refractivity contribution in [2.45, 2.75) is 20.4 Å². The summed E-state index contributed by atoms with van der Waals surface area (Å²) in [6.45, 7) is 3.75. The highest BCUT2D eigenvalue weighted by atomic mass is 79.9. The number of imide groups is 1. The van der Waals surface area contributed by atoms with Gasteiger partial charge in [0.2, 0.25) is 5.76 Å². The molecule has 1 saturated heterocycles. The number of esters is 1. The number of rotatable bonds is 5. The first-order chi connectivity index (χ1) is 15.7. The lowest BCUT2D eigenvalue weighted by Gasteiger charge is -2.11. The van der Waals surface area contributed by atoms with E-state index in [1.54, 1.807) is 6.08 Å². The maximum Gasteiger partial charge on any atom is 0.373 e. The summed E-state index contributed by atoms with van der Waals surface area (Å²) in [4.78, 5) is 37.9. The van der Waals surface area contributed by atoms with E-state index in [1.807, 2.05) is 42.7 Å². The quantitative estimate of drug-likeness (QED) is 0.284. The molecule has 0 radical (unpaired) electrons. The fourth-order valence-electron chi connectivity index (χ4n) is 3.65. The van der Waals surface area contributed by atoms with Gasteiger partial charge >= 0.3 is 12.0 Å². The van der Waals surface area contributed by atoms with E-state index < -0.39 is 17.9 Å². The Hall–Kier alpha value is -3.30. The summed E-state index contributed by atoms with van der Waals surface area (Å²) in [6.07, 6.45) is 1.64. The Balaban J connectivity index is 1.59. The topological polar surface area (TPSA) is 93.8 Å². The Morgan fingerprint density at radius 3 is 2.67 bits per heavy atom. The number of methoxy groups -OCH3 is 1. The Bertz CT molecular complexity index is 1320. The van der Waals surface area contributed by atoms with E-state index in [4.69, 9.17) is 16.0 Å². The molecule has 1 aromatic carbocycles. The molecular formula is C23H19BrClN3O5. The largest absolute Gasteiger partial charge is 0.463 e. The monoisotopic (exact) mass is 531 g/mol. The van der Waals surface area contributed by atoms with Gasteiger partial charge in [0, 0.05) is 21.5 Å². The molecule has 1 aliphatic rings. The van der Waals surface area contributed by atoms with Crippen molar-refractivity contribution in [3.8, 4) is 5.69 Å². The minimum atomic E-state index is -0.638. The van der Waals surface area contributed by atoms with E-state index in [-0.39, 0.29) is 23.8 Å². The van der Waals surface area contributed by atoms with Crippen LogP contribution < -0.4 is 5.32 Å². The number of hydrogen-bond donors (Lipinski definition) is 1. The number of aryl methyl sites for hydroxylation is 1. The number of ether oxygens (including phenoxy) is 1. The standard InChI is InChI=1S/C23H19BrClN3O5/c1-12-8-14(13(2)28(12)15-4-6-17(24)18(25)10-15)9-19-21(29)27(23(31)26-19)11-16-5-7-20(33-16)22(30)32-3/h4-10H,11H2,1-3H3,(H,26,31)/b19-9-. The van der Waals surface area contributed by atoms with Crippen LogP contribution >= 0.6 is 27.5 Å². The van der Waals surface area contributed by atoms with Crippen LogP contribution in [-0.4, -0.2) is 34.5 Å². The Kier molecular flexibility index (Phi) is 6.18. The van der Waals surface area contributed by atoms with Crippen molar-refractivity contribution >= 4 is 51.5 Å². The molecule has 33 heavy (non-hydrogen) atoms. The molecule has 1 fully saturated rings. The molecule has 0 aliphatic carbocycles. The molecule has 3 aromatic rings. The lowest BCUT2D eigenvalue weighted by atomic mass is 10.2. The number of amides is 3. The van der Waals surface area contributed by atoms with Crippen molar-refractivity contribution in [3.63, 3.8) is 0 Å². The van der Waals surface area contributed by atoms with Crippen LogP contribution in [0.4, 0.5) is 4.79 Å². The third-order valence-corrected chi connectivity index (χ3v) is 6.49. The van der Waals surface area contributed by atoms with E-state index in [0.717, 1.165) is 32.0 Å². The van der Waals surface area contributed by atoms with Crippen molar-refractivity contribution in [1.82, 2.24) is 14.8 Å². The molecule has 4 rings (SSSR count). The lowest BCUT2D eigenvalue weighted by Crippen LogP contribution is -2.30. The SMILES string of the molecule is COC(=O)c1ccc(CN2C(=O)N/C(=C\c3cc(C)n(-c4ccc(Br)c(Cl)c4)c3C)C2=O)o1. The number of halogens is 2. The second kappa shape index (κ2) is 8.92. The van der Waals surface area contributed by atoms with E-state index in [0.29, 0.717) is 5.02 Å². The molecule has 0 saturated carbocycles. The fourth-order valence-corrected chi connectivity index (χ4v) is 4.08. The number of nitrogens with one attached hydrogen (secondary N) is 1. The molecule has 2 aromatic heterocycles. The predicted octanol–water partition coefficient (Wildman–Crippen LogP) is 4.98. The van der Waals surface area contributed by atoms with Crippen LogP contribution in [0.2, 0.25) is 5.02 Å². The molecule has 0 spiro atoms. The molecule has 1 aliphatic heterocycles. The first-order valence-corrected chi connectivity index (χ1v) is 11.0. The van der Waals surface area contributed by atoms with Crippen molar-refractivity contribution in [2.75, 3.05) is 7.11 Å². The van der Waals surface area contributed by atoms with Gasteiger partial charge in [-0.2, -0.15) is 0 Å². The van der Waals surface area contributed by atoms with Crippen LogP contribution in [0.5, 0.6) is 0 Å². The number of furan rings is 1. The molecule has 10 heteroatoms. The van der Waals surface area contributed by atoms with Crippen LogP contribution in [0.1, 0.15) is 33.3 Å². The average Bonchev–Trinajstić information content (AvgIpc) is 3.43. The summed E-state index contributed by atoms with van der Waals surface area (Å²) in [7, 11) is 1.24. The second-order valence-corrected chi connectivity index (χ2v) is 8.66. The summed E-state index contributed by atoms with van der Waals surface area (Å²) >= 11 is 9.65. The third kappa shape index (κ3) is 4.34. The van der Waals surface area contributed by atoms with E-state index >= 15 is 0 Å². The zero-order chi connectivity index (χ0) is 23.9. The summed E-state index contributed by atoms with van der Waals surface area (Å²) < 4.78 is 12.8. The van der Waals surface area contributed by atoms with Crippen LogP contribution in [0, 0.1) is 13.8 Å². The zero-order valence-electron chi connectivity index (χ0n) is 17.9. The summed E-state index contributed by atoms with van der Waals surface area (Å²) in [5, 5.41) is 3.19. The van der Waals surface area contributed by atoms with E-state index in [1.165, 1.54) is 19.2 Å². The maximum atomic E-state index is 12.9. The maximum absolute atomic E-state index is 12.9. The van der Waals surface area contributed by atoms with Crippen LogP contribution in [0.3, 0.4) is 0 Å². The fraction of sp³-hybridized carbons (Fsp3) is 0.174. The van der Waals surface area contributed by atoms with Gasteiger partial charge < -0.3 is 19.0 Å². The van der Waals surface area contributed by atoms with Gasteiger partial charge in [-0.3, -0.25) is 9.69 Å². The van der Waals surface area contributed by atoms with Crippen LogP contribution in [0.15, 0.2) is 51.0 Å². The number of hydrogen-bond acceptors (Lipinski definition) is 5. The third-order valence-electron chi connectivity index (χ3n) is 5.26. The number of urea groups is 1. The smallest absolute Gasteiger partial charge is 0.373 e. The molecular weight excluding hydrogens is 514 g/mol. The molecule has 170 valence electrons. The van der Waals surface area contributed by atoms with E-state index in [9.17, 15) is 14.4 Å². The highest BCUT2D eigenvalue weighted by molar-refractivity contribution is 9.10. The normalized spacial score (nSPS) is 14.8. The summed E-state index contributed by atoms with van der Waals surface area (Å²) in [5.41, 5.74) is 3.63. The lowest BCUT2D eigenvalue weighted by molar-refractivity contribution is -0.123. The van der Waals surface area contributed by atoms with Gasteiger partial charge in [-0.1, -0.05) is 11.6 Å². The molecule has 3 amide bonds. The van der Waals surface area contributed by atoms with E-state index in [2.05, 4.69) is 26.0 Å². The van der Waals surface area contributed by atoms with Gasteiger partial charge in [0.15, 0.2) is 0 Å². The highest BCUT2D eigenvalue weighted by Crippen LogP contribution is 2.29. The summed E-state index contributed by atoms with van der Waals surface area (Å²) in [6, 6.07) is 9.95. The van der Waals surface area contributed by atoms with Gasteiger partial charge in [-0.25, -0.2) is 9.59 Å². The van der Waals surface area contributed by atoms with Gasteiger partial charge in [0.05, 0.1) is 18.7 Å². The molecule has 0 atom stereocenters. The second-order valence-electron chi connectivity index (χ2n) is 7.40. The van der Waals surface area contributed by atoms with Gasteiger partial charge in [0.1, 0.15) is 11.5 Å². The molecule has 1 N–H and O–H groups in total. The molecule has 0 unspecified atom stereocenters. The van der Waals surface area contributed by atoms with Crippen LogP contribution in [-0.2, 0) is 16.1 Å². The number of carbonyl (C=O) groups excluding carboxylic acids is 3. The van der Waals surface area contributed by atoms with Gasteiger partial charge in [0.25, 0.3) is 5.91 Å².